The van der Waals surface area contributed by atoms with Crippen LogP contribution < -0.4 is 0 Å². The van der Waals surface area contributed by atoms with Crippen LogP contribution in [0.5, 0.6) is 0 Å². The Morgan fingerprint density at radius 1 is 0.774 bits per heavy atom. The van der Waals surface area contributed by atoms with Crippen molar-refractivity contribution in [3.8, 4) is 33.9 Å². The zero-order valence-corrected chi connectivity index (χ0v) is 16.0. The molecule has 0 atom stereocenters. The summed E-state index contributed by atoms with van der Waals surface area (Å²) in [5.74, 6) is -0.296. The third-order valence-corrected chi connectivity index (χ3v) is 5.20. The number of halogens is 1. The molecule has 1 aromatic carbocycles. The average Bonchev–Trinajstić information content (AvgIpc) is 3.43. The Labute approximate surface area is 175 Å². The summed E-state index contributed by atoms with van der Waals surface area (Å²) in [5, 5.41) is 9.35. The second kappa shape index (κ2) is 6.81. The number of nitrogens with zero attached hydrogens (tertiary/aromatic N) is 5. The number of aromatic nitrogens is 7. The highest BCUT2D eigenvalue weighted by Crippen LogP contribution is 2.33. The van der Waals surface area contributed by atoms with E-state index < -0.39 is 0 Å². The molecule has 31 heavy (non-hydrogen) atoms. The van der Waals surface area contributed by atoms with Crippen molar-refractivity contribution < 1.29 is 4.39 Å². The minimum atomic E-state index is -0.296. The molecule has 148 valence electrons. The molecular formula is C23H14FN7. The maximum absolute atomic E-state index is 13.8. The van der Waals surface area contributed by atoms with Gasteiger partial charge in [-0.05, 0) is 30.3 Å². The van der Waals surface area contributed by atoms with Crippen molar-refractivity contribution in [2.45, 2.75) is 0 Å². The lowest BCUT2D eigenvalue weighted by Crippen LogP contribution is -1.86. The van der Waals surface area contributed by atoms with Crippen molar-refractivity contribution in [3.63, 3.8) is 0 Å². The van der Waals surface area contributed by atoms with Gasteiger partial charge < -0.3 is 4.98 Å². The number of hydrogen-bond donors (Lipinski definition) is 2. The summed E-state index contributed by atoms with van der Waals surface area (Å²) in [4.78, 5) is 20.5. The van der Waals surface area contributed by atoms with Crippen molar-refractivity contribution in [1.82, 2.24) is 35.1 Å². The summed E-state index contributed by atoms with van der Waals surface area (Å²) in [7, 11) is 0. The molecule has 0 aliphatic carbocycles. The van der Waals surface area contributed by atoms with Gasteiger partial charge >= 0.3 is 0 Å². The first-order chi connectivity index (χ1) is 15.3. The molecule has 0 spiro atoms. The minimum absolute atomic E-state index is 0.296. The summed E-state index contributed by atoms with van der Waals surface area (Å²) in [6.45, 7) is 0. The summed E-state index contributed by atoms with van der Waals surface area (Å²) in [6.07, 6.45) is 8.39. The molecule has 0 fully saturated rings. The Morgan fingerprint density at radius 2 is 1.65 bits per heavy atom. The molecule has 0 saturated heterocycles. The number of hydrogen-bond acceptors (Lipinski definition) is 5. The predicted octanol–water partition coefficient (Wildman–Crippen LogP) is 4.76. The predicted molar refractivity (Wildman–Crippen MR) is 115 cm³/mol. The van der Waals surface area contributed by atoms with Crippen LogP contribution in [0.3, 0.4) is 0 Å². The minimum Gasteiger partial charge on any atom is -0.353 e. The van der Waals surface area contributed by atoms with E-state index in [-0.39, 0.29) is 5.82 Å². The maximum atomic E-state index is 13.8. The van der Waals surface area contributed by atoms with E-state index in [2.05, 4.69) is 35.1 Å². The second-order valence-electron chi connectivity index (χ2n) is 7.13. The van der Waals surface area contributed by atoms with E-state index in [4.69, 9.17) is 0 Å². The van der Waals surface area contributed by atoms with E-state index in [1.54, 1.807) is 30.9 Å². The fourth-order valence-electron chi connectivity index (χ4n) is 3.76. The molecule has 0 saturated carbocycles. The largest absolute Gasteiger partial charge is 0.353 e. The van der Waals surface area contributed by atoms with Crippen LogP contribution >= 0.6 is 0 Å². The van der Waals surface area contributed by atoms with Gasteiger partial charge in [-0.3, -0.25) is 15.1 Å². The van der Waals surface area contributed by atoms with Gasteiger partial charge in [0.15, 0.2) is 0 Å². The summed E-state index contributed by atoms with van der Waals surface area (Å²) in [5.41, 5.74) is 6.32. The smallest absolute Gasteiger partial charge is 0.123 e. The first kappa shape index (κ1) is 17.4. The summed E-state index contributed by atoms with van der Waals surface area (Å²) >= 11 is 0. The molecular weight excluding hydrogens is 393 g/mol. The number of fused-ring (bicyclic) bond motifs is 2. The lowest BCUT2D eigenvalue weighted by atomic mass is 10.1. The van der Waals surface area contributed by atoms with Crippen LogP contribution in [0, 0.1) is 5.82 Å². The van der Waals surface area contributed by atoms with Gasteiger partial charge in [0.2, 0.25) is 0 Å². The highest BCUT2D eigenvalue weighted by Gasteiger charge is 2.15. The molecule has 0 bridgehead atoms. The lowest BCUT2D eigenvalue weighted by Gasteiger charge is -2.02. The van der Waals surface area contributed by atoms with Gasteiger partial charge in [0.1, 0.15) is 17.8 Å². The van der Waals surface area contributed by atoms with Gasteiger partial charge in [-0.15, -0.1) is 0 Å². The highest BCUT2D eigenvalue weighted by molar-refractivity contribution is 6.00. The van der Waals surface area contributed by atoms with Crippen LogP contribution in [0.15, 0.2) is 73.6 Å². The third kappa shape index (κ3) is 2.93. The summed E-state index contributed by atoms with van der Waals surface area (Å²) < 4.78 is 13.8. The zero-order valence-electron chi connectivity index (χ0n) is 16.0. The number of benzene rings is 1. The second-order valence-corrected chi connectivity index (χ2v) is 7.13. The van der Waals surface area contributed by atoms with Crippen molar-refractivity contribution >= 4 is 21.8 Å². The SMILES string of the molecule is Fc1cccc(-c2nccc3[nH]c(-c4n[nH]c5cnc(-c6cncnc6)cc45)cc23)c1. The Balaban J connectivity index is 1.52. The first-order valence-electron chi connectivity index (χ1n) is 9.60. The topological polar surface area (TPSA) is 96.0 Å². The van der Waals surface area contributed by atoms with Gasteiger partial charge in [0, 0.05) is 46.0 Å². The van der Waals surface area contributed by atoms with E-state index >= 15 is 0 Å². The maximum Gasteiger partial charge on any atom is 0.123 e. The normalized spacial score (nSPS) is 11.4. The molecule has 5 heterocycles. The van der Waals surface area contributed by atoms with E-state index in [0.29, 0.717) is 5.69 Å². The molecule has 2 N–H and O–H groups in total. The van der Waals surface area contributed by atoms with Gasteiger partial charge in [0.25, 0.3) is 0 Å². The molecule has 0 radical (unpaired) electrons. The van der Waals surface area contributed by atoms with Crippen molar-refractivity contribution in [2.24, 2.45) is 0 Å². The number of aromatic amines is 2. The van der Waals surface area contributed by atoms with Gasteiger partial charge in [-0.25, -0.2) is 14.4 Å². The highest BCUT2D eigenvalue weighted by atomic mass is 19.1. The Kier molecular flexibility index (Phi) is 3.82. The number of nitrogens with one attached hydrogen (secondary N) is 2. The van der Waals surface area contributed by atoms with Crippen LogP contribution in [0.1, 0.15) is 0 Å². The Hall–Kier alpha value is -4.46. The summed E-state index contributed by atoms with van der Waals surface area (Å²) in [6, 6.07) is 12.3. The van der Waals surface area contributed by atoms with Gasteiger partial charge in [0.05, 0.1) is 28.8 Å². The van der Waals surface area contributed by atoms with E-state index in [1.165, 1.54) is 18.5 Å². The molecule has 8 heteroatoms. The molecule has 5 aromatic heterocycles. The van der Waals surface area contributed by atoms with Crippen LogP contribution in [0.2, 0.25) is 0 Å². The first-order valence-corrected chi connectivity index (χ1v) is 9.60. The number of pyridine rings is 2. The van der Waals surface area contributed by atoms with E-state index in [9.17, 15) is 4.39 Å². The number of rotatable bonds is 3. The van der Waals surface area contributed by atoms with Crippen molar-refractivity contribution in [1.29, 1.82) is 0 Å². The monoisotopic (exact) mass is 407 g/mol. The molecule has 6 rings (SSSR count). The van der Waals surface area contributed by atoms with Crippen LogP contribution in [-0.4, -0.2) is 35.1 Å². The Bertz CT molecular complexity index is 1550. The number of H-pyrrole nitrogens is 2. The fraction of sp³-hybridized carbons (Fsp3) is 0. The van der Waals surface area contributed by atoms with Crippen LogP contribution in [0.4, 0.5) is 4.39 Å². The molecule has 6 aromatic rings. The molecule has 0 amide bonds. The standard InChI is InChI=1S/C23H14FN7/c24-15-3-1-2-13(6-15)22-16-8-20(29-18(16)4-5-27-22)23-17-7-19(14-9-25-12-26-10-14)28-11-21(17)30-31-23/h1-12,29H,(H,30,31). The van der Waals surface area contributed by atoms with Gasteiger partial charge in [-0.1, -0.05) is 12.1 Å². The van der Waals surface area contributed by atoms with Crippen LogP contribution in [0.25, 0.3) is 55.7 Å². The van der Waals surface area contributed by atoms with Gasteiger partial charge in [-0.2, -0.15) is 5.10 Å². The Morgan fingerprint density at radius 3 is 2.52 bits per heavy atom. The third-order valence-electron chi connectivity index (χ3n) is 5.20. The fourth-order valence-corrected chi connectivity index (χ4v) is 3.76. The van der Waals surface area contributed by atoms with Crippen LogP contribution in [-0.2, 0) is 0 Å². The van der Waals surface area contributed by atoms with Crippen molar-refractivity contribution in [2.75, 3.05) is 0 Å². The molecule has 0 unspecified atom stereocenters. The average molecular weight is 407 g/mol. The quantitative estimate of drug-likeness (QED) is 0.441. The molecule has 7 nitrogen and oxygen atoms in total. The molecule has 0 aliphatic rings. The zero-order chi connectivity index (χ0) is 20.8. The van der Waals surface area contributed by atoms with Crippen molar-refractivity contribution in [3.05, 3.63) is 79.4 Å². The molecule has 0 aliphatic heterocycles. The lowest BCUT2D eigenvalue weighted by molar-refractivity contribution is 0.628. The van der Waals surface area contributed by atoms with E-state index in [1.807, 2.05) is 24.3 Å². The van der Waals surface area contributed by atoms with E-state index in [0.717, 1.165) is 50.0 Å².